The molecule has 1 aliphatic heterocycles. The first-order valence-corrected chi connectivity index (χ1v) is 9.72. The molecule has 0 bridgehead atoms. The van der Waals surface area contributed by atoms with Crippen molar-refractivity contribution >= 4 is 35.7 Å². The molecule has 1 saturated heterocycles. The number of piperidine rings is 1. The van der Waals surface area contributed by atoms with Gasteiger partial charge in [-0.15, -0.1) is 12.4 Å². The third-order valence-corrected chi connectivity index (χ3v) is 5.25. The van der Waals surface area contributed by atoms with Crippen LogP contribution in [0.25, 0.3) is 0 Å². The minimum absolute atomic E-state index is 0. The molecule has 3 rings (SSSR count). The molecule has 6 nitrogen and oxygen atoms in total. The molecule has 4 N–H and O–H groups in total. The van der Waals surface area contributed by atoms with E-state index in [0.29, 0.717) is 29.4 Å². The van der Waals surface area contributed by atoms with Crippen molar-refractivity contribution in [2.75, 3.05) is 23.7 Å². The van der Waals surface area contributed by atoms with Gasteiger partial charge in [0.1, 0.15) is 0 Å². The lowest BCUT2D eigenvalue weighted by Crippen LogP contribution is -2.45. The van der Waals surface area contributed by atoms with Crippen LogP contribution in [0.15, 0.2) is 48.5 Å². The van der Waals surface area contributed by atoms with Crippen molar-refractivity contribution in [3.05, 3.63) is 59.7 Å². The van der Waals surface area contributed by atoms with Crippen molar-refractivity contribution in [3.8, 4) is 0 Å². The highest BCUT2D eigenvalue weighted by Crippen LogP contribution is 2.23. The van der Waals surface area contributed by atoms with Gasteiger partial charge in [-0.2, -0.15) is 0 Å². The number of nitrogens with one attached hydrogen (secondary N) is 2. The van der Waals surface area contributed by atoms with Crippen LogP contribution < -0.4 is 16.4 Å². The Kier molecular flexibility index (Phi) is 8.05. The number of nitrogens with two attached hydrogens (primary N) is 1. The van der Waals surface area contributed by atoms with Gasteiger partial charge in [0, 0.05) is 36.1 Å². The molecule has 2 atom stereocenters. The summed E-state index contributed by atoms with van der Waals surface area (Å²) in [5.41, 5.74) is 8.84. The molecule has 2 unspecified atom stereocenters. The number of likely N-dealkylation sites (tertiary alicyclic amines) is 1. The minimum Gasteiger partial charge on any atom is -0.338 e. The van der Waals surface area contributed by atoms with Crippen molar-refractivity contribution in [1.29, 1.82) is 0 Å². The summed E-state index contributed by atoms with van der Waals surface area (Å²) in [5, 5.41) is 5.63. The Morgan fingerprint density at radius 2 is 1.86 bits per heavy atom. The largest absolute Gasteiger partial charge is 0.338 e. The topological polar surface area (TPSA) is 87.5 Å². The van der Waals surface area contributed by atoms with E-state index in [4.69, 9.17) is 5.73 Å². The van der Waals surface area contributed by atoms with Crippen LogP contribution >= 0.6 is 12.4 Å². The number of halogens is 1. The van der Waals surface area contributed by atoms with Crippen LogP contribution in [0.2, 0.25) is 0 Å². The minimum atomic E-state index is -0.339. The molecule has 156 valence electrons. The molecule has 2 aromatic rings. The summed E-state index contributed by atoms with van der Waals surface area (Å²) in [6.45, 7) is 5.33. The Labute approximate surface area is 178 Å². The van der Waals surface area contributed by atoms with E-state index < -0.39 is 0 Å². The third-order valence-electron chi connectivity index (χ3n) is 5.25. The van der Waals surface area contributed by atoms with Gasteiger partial charge in [-0.05, 0) is 62.4 Å². The molecule has 1 fully saturated rings. The Bertz CT molecular complexity index is 842. The third kappa shape index (κ3) is 5.95. The molecular weight excluding hydrogens is 388 g/mol. The number of para-hydroxylation sites is 1. The SMILES string of the molecule is Cc1ccc(C(=O)N2CCCC(C(C)N)C2)cc1NC(=O)Nc1ccccc1.Cl. The molecule has 7 heteroatoms. The molecule has 1 aliphatic rings. The van der Waals surface area contributed by atoms with Gasteiger partial charge < -0.3 is 21.3 Å². The first kappa shape index (κ1) is 22.7. The number of carbonyl (C=O) groups is 2. The average molecular weight is 417 g/mol. The number of hydrogen-bond acceptors (Lipinski definition) is 3. The number of amides is 3. The summed E-state index contributed by atoms with van der Waals surface area (Å²) in [7, 11) is 0. The van der Waals surface area contributed by atoms with Gasteiger partial charge in [0.05, 0.1) is 0 Å². The highest BCUT2D eigenvalue weighted by Gasteiger charge is 2.26. The Morgan fingerprint density at radius 3 is 2.55 bits per heavy atom. The lowest BCUT2D eigenvalue weighted by molar-refractivity contribution is 0.0661. The molecule has 0 spiro atoms. The smallest absolute Gasteiger partial charge is 0.323 e. The predicted molar refractivity (Wildman–Crippen MR) is 120 cm³/mol. The van der Waals surface area contributed by atoms with Gasteiger partial charge >= 0.3 is 6.03 Å². The molecule has 0 aromatic heterocycles. The summed E-state index contributed by atoms with van der Waals surface area (Å²) in [6, 6.07) is 14.4. The number of hydrogen-bond donors (Lipinski definition) is 3. The number of anilines is 2. The number of aryl methyl sites for hydroxylation is 1. The van der Waals surface area contributed by atoms with E-state index >= 15 is 0 Å². The van der Waals surface area contributed by atoms with Crippen LogP contribution in [-0.2, 0) is 0 Å². The van der Waals surface area contributed by atoms with E-state index in [1.165, 1.54) is 0 Å². The van der Waals surface area contributed by atoms with Crippen molar-refractivity contribution in [3.63, 3.8) is 0 Å². The zero-order valence-corrected chi connectivity index (χ0v) is 17.7. The predicted octanol–water partition coefficient (Wildman–Crippen LogP) is 4.26. The van der Waals surface area contributed by atoms with Crippen LogP contribution in [0.1, 0.15) is 35.7 Å². The molecule has 3 amide bonds. The number of benzene rings is 2. The lowest BCUT2D eigenvalue weighted by Gasteiger charge is -2.34. The van der Waals surface area contributed by atoms with Gasteiger partial charge in [0.25, 0.3) is 5.91 Å². The quantitative estimate of drug-likeness (QED) is 0.695. The highest BCUT2D eigenvalue weighted by molar-refractivity contribution is 6.02. The molecule has 2 aromatic carbocycles. The molecule has 1 heterocycles. The Hall–Kier alpha value is -2.57. The maximum absolute atomic E-state index is 13.0. The van der Waals surface area contributed by atoms with Gasteiger partial charge in [-0.1, -0.05) is 24.3 Å². The van der Waals surface area contributed by atoms with Gasteiger partial charge in [-0.3, -0.25) is 4.79 Å². The van der Waals surface area contributed by atoms with Gasteiger partial charge in [0.15, 0.2) is 0 Å². The first-order valence-electron chi connectivity index (χ1n) is 9.72. The number of urea groups is 1. The fourth-order valence-corrected chi connectivity index (χ4v) is 3.50. The molecule has 0 radical (unpaired) electrons. The second kappa shape index (κ2) is 10.3. The normalized spacial score (nSPS) is 17.1. The van der Waals surface area contributed by atoms with Gasteiger partial charge in [-0.25, -0.2) is 4.79 Å². The zero-order chi connectivity index (χ0) is 20.1. The summed E-state index contributed by atoms with van der Waals surface area (Å²) >= 11 is 0. The second-order valence-corrected chi connectivity index (χ2v) is 7.49. The van der Waals surface area contributed by atoms with Crippen LogP contribution in [-0.4, -0.2) is 36.0 Å². The molecule has 0 saturated carbocycles. The van der Waals surface area contributed by atoms with Crippen molar-refractivity contribution < 1.29 is 9.59 Å². The number of carbonyl (C=O) groups excluding carboxylic acids is 2. The number of nitrogens with zero attached hydrogens (tertiary/aromatic N) is 1. The van der Waals surface area contributed by atoms with E-state index in [1.807, 2.05) is 61.2 Å². The maximum Gasteiger partial charge on any atom is 0.323 e. The summed E-state index contributed by atoms with van der Waals surface area (Å²) < 4.78 is 0. The van der Waals surface area contributed by atoms with E-state index in [1.54, 1.807) is 6.07 Å². The fourth-order valence-electron chi connectivity index (χ4n) is 3.50. The van der Waals surface area contributed by atoms with E-state index in [-0.39, 0.29) is 30.4 Å². The van der Waals surface area contributed by atoms with Crippen molar-refractivity contribution in [2.45, 2.75) is 32.7 Å². The maximum atomic E-state index is 13.0. The van der Waals surface area contributed by atoms with Gasteiger partial charge in [0.2, 0.25) is 0 Å². The zero-order valence-electron chi connectivity index (χ0n) is 16.9. The van der Waals surface area contributed by atoms with Crippen molar-refractivity contribution in [2.24, 2.45) is 11.7 Å². The van der Waals surface area contributed by atoms with E-state index in [2.05, 4.69) is 10.6 Å². The van der Waals surface area contributed by atoms with Crippen molar-refractivity contribution in [1.82, 2.24) is 4.90 Å². The molecule has 29 heavy (non-hydrogen) atoms. The lowest BCUT2D eigenvalue weighted by atomic mass is 9.92. The average Bonchev–Trinajstić information content (AvgIpc) is 2.70. The highest BCUT2D eigenvalue weighted by atomic mass is 35.5. The Morgan fingerprint density at radius 1 is 1.14 bits per heavy atom. The van der Waals surface area contributed by atoms with Crippen LogP contribution in [0.5, 0.6) is 0 Å². The standard InChI is InChI=1S/C22H28N4O2.ClH/c1-15-10-11-17(21(27)26-12-6-7-18(14-26)16(2)23)13-20(15)25-22(28)24-19-8-4-3-5-9-19;/h3-5,8-11,13,16,18H,6-7,12,14,23H2,1-2H3,(H2,24,25,28);1H. The van der Waals surface area contributed by atoms with E-state index in [0.717, 1.165) is 24.9 Å². The van der Waals surface area contributed by atoms with Crippen LogP contribution in [0.4, 0.5) is 16.2 Å². The number of rotatable bonds is 4. The molecular formula is C22H29ClN4O2. The first-order chi connectivity index (χ1) is 13.4. The van der Waals surface area contributed by atoms with Crippen LogP contribution in [0, 0.1) is 12.8 Å². The second-order valence-electron chi connectivity index (χ2n) is 7.49. The monoisotopic (exact) mass is 416 g/mol. The summed E-state index contributed by atoms with van der Waals surface area (Å²) in [5.74, 6) is 0.314. The fraction of sp³-hybridized carbons (Fsp3) is 0.364. The summed E-state index contributed by atoms with van der Waals surface area (Å²) in [4.78, 5) is 27.1. The Balaban J connectivity index is 0.00000300. The molecule has 0 aliphatic carbocycles. The van der Waals surface area contributed by atoms with E-state index in [9.17, 15) is 9.59 Å². The van der Waals surface area contributed by atoms with Crippen LogP contribution in [0.3, 0.4) is 0 Å². The summed E-state index contributed by atoms with van der Waals surface area (Å²) in [6.07, 6.45) is 2.02.